The summed E-state index contributed by atoms with van der Waals surface area (Å²) < 4.78 is 0.855. The summed E-state index contributed by atoms with van der Waals surface area (Å²) in [5.41, 5.74) is 15.9. The molecular formula is C17H23N4+. The van der Waals surface area contributed by atoms with Gasteiger partial charge in [0.25, 0.3) is 0 Å². The van der Waals surface area contributed by atoms with Crippen molar-refractivity contribution in [2.75, 3.05) is 37.6 Å². The third-order valence-corrected chi connectivity index (χ3v) is 4.34. The Morgan fingerprint density at radius 2 is 1.24 bits per heavy atom. The van der Waals surface area contributed by atoms with Crippen LogP contribution in [0.2, 0.25) is 0 Å². The number of rotatable bonds is 2. The highest BCUT2D eigenvalue weighted by molar-refractivity contribution is 5.62. The van der Waals surface area contributed by atoms with Crippen LogP contribution in [0.5, 0.6) is 0 Å². The molecule has 3 rings (SSSR count). The molecule has 0 radical (unpaired) electrons. The van der Waals surface area contributed by atoms with Crippen LogP contribution in [0.4, 0.5) is 22.7 Å². The predicted octanol–water partition coefficient (Wildman–Crippen LogP) is 2.48. The topological polar surface area (TPSA) is 64.1 Å². The Morgan fingerprint density at radius 3 is 1.76 bits per heavy atom. The molecular weight excluding hydrogens is 260 g/mol. The van der Waals surface area contributed by atoms with E-state index in [-0.39, 0.29) is 0 Å². The molecule has 0 atom stereocenters. The van der Waals surface area contributed by atoms with Gasteiger partial charge in [-0.05, 0) is 24.3 Å². The summed E-state index contributed by atoms with van der Waals surface area (Å²) in [6.45, 7) is 4.20. The average Bonchev–Trinajstić information content (AvgIpc) is 2.75. The average molecular weight is 283 g/mol. The number of nitrogens with one attached hydrogen (secondary N) is 1. The van der Waals surface area contributed by atoms with Crippen molar-refractivity contribution in [1.29, 1.82) is 0 Å². The molecule has 0 unspecified atom stereocenters. The van der Waals surface area contributed by atoms with Crippen LogP contribution in [-0.2, 0) is 0 Å². The van der Waals surface area contributed by atoms with Crippen LogP contribution in [0, 0.1) is 0 Å². The predicted molar refractivity (Wildman–Crippen MR) is 90.4 cm³/mol. The third kappa shape index (κ3) is 2.73. The van der Waals surface area contributed by atoms with E-state index in [0.29, 0.717) is 0 Å². The molecule has 110 valence electrons. The summed E-state index contributed by atoms with van der Waals surface area (Å²) in [5, 5.41) is 3.50. The SMILES string of the molecule is Nc1ccc([N+]2(c3ccc(N)cc3)CCCNCC2)cc1. The Morgan fingerprint density at radius 1 is 0.714 bits per heavy atom. The van der Waals surface area contributed by atoms with Crippen molar-refractivity contribution in [3.05, 3.63) is 48.5 Å². The number of benzene rings is 2. The second-order valence-electron chi connectivity index (χ2n) is 5.70. The molecule has 0 saturated carbocycles. The van der Waals surface area contributed by atoms with Gasteiger partial charge in [-0.3, -0.25) is 4.48 Å². The highest BCUT2D eigenvalue weighted by Gasteiger charge is 2.33. The molecule has 0 bridgehead atoms. The minimum atomic E-state index is 0.808. The second-order valence-corrected chi connectivity index (χ2v) is 5.70. The summed E-state index contributed by atoms with van der Waals surface area (Å²) >= 11 is 0. The van der Waals surface area contributed by atoms with Crippen LogP contribution in [0.1, 0.15) is 6.42 Å². The number of hydrogen-bond acceptors (Lipinski definition) is 3. The molecule has 4 heteroatoms. The maximum atomic E-state index is 5.85. The zero-order valence-electron chi connectivity index (χ0n) is 12.3. The normalized spacial score (nSPS) is 18.1. The first-order chi connectivity index (χ1) is 10.2. The van der Waals surface area contributed by atoms with Crippen molar-refractivity contribution >= 4 is 22.7 Å². The summed E-state index contributed by atoms with van der Waals surface area (Å²) in [4.78, 5) is 0. The van der Waals surface area contributed by atoms with Gasteiger partial charge >= 0.3 is 0 Å². The van der Waals surface area contributed by atoms with Crippen molar-refractivity contribution in [2.45, 2.75) is 6.42 Å². The fourth-order valence-electron chi connectivity index (χ4n) is 3.17. The number of quaternary nitrogens is 1. The molecule has 2 aromatic carbocycles. The lowest BCUT2D eigenvalue weighted by atomic mass is 10.1. The molecule has 0 amide bonds. The summed E-state index contributed by atoms with van der Waals surface area (Å²) in [5.74, 6) is 0. The summed E-state index contributed by atoms with van der Waals surface area (Å²) in [6, 6.07) is 16.6. The van der Waals surface area contributed by atoms with E-state index in [1.807, 2.05) is 24.3 Å². The maximum Gasteiger partial charge on any atom is 0.138 e. The largest absolute Gasteiger partial charge is 0.399 e. The number of nitrogens with two attached hydrogens (primary N) is 2. The minimum Gasteiger partial charge on any atom is -0.399 e. The smallest absolute Gasteiger partial charge is 0.138 e. The van der Waals surface area contributed by atoms with E-state index < -0.39 is 0 Å². The van der Waals surface area contributed by atoms with Crippen molar-refractivity contribution < 1.29 is 0 Å². The highest BCUT2D eigenvalue weighted by Crippen LogP contribution is 2.36. The lowest BCUT2D eigenvalue weighted by Gasteiger charge is -2.36. The fourth-order valence-corrected chi connectivity index (χ4v) is 3.17. The Bertz CT molecular complexity index is 534. The number of hydrogen-bond donors (Lipinski definition) is 3. The Labute approximate surface area is 126 Å². The second kappa shape index (κ2) is 5.76. The van der Waals surface area contributed by atoms with Gasteiger partial charge in [0, 0.05) is 55.2 Å². The van der Waals surface area contributed by atoms with Gasteiger partial charge in [-0.2, -0.15) is 0 Å². The molecule has 5 N–H and O–H groups in total. The molecule has 0 spiro atoms. The van der Waals surface area contributed by atoms with E-state index in [1.54, 1.807) is 0 Å². The molecule has 1 fully saturated rings. The quantitative estimate of drug-likeness (QED) is 0.586. The van der Waals surface area contributed by atoms with E-state index in [0.717, 1.165) is 48.5 Å². The monoisotopic (exact) mass is 283 g/mol. The van der Waals surface area contributed by atoms with Crippen LogP contribution >= 0.6 is 0 Å². The third-order valence-electron chi connectivity index (χ3n) is 4.34. The molecule has 1 aliphatic heterocycles. The van der Waals surface area contributed by atoms with Gasteiger partial charge in [-0.15, -0.1) is 0 Å². The molecule has 0 aliphatic carbocycles. The van der Waals surface area contributed by atoms with Gasteiger partial charge in [0.2, 0.25) is 0 Å². The maximum absolute atomic E-state index is 5.85. The minimum absolute atomic E-state index is 0.808. The van der Waals surface area contributed by atoms with Gasteiger partial charge in [0.05, 0.1) is 6.54 Å². The van der Waals surface area contributed by atoms with Crippen molar-refractivity contribution in [3.63, 3.8) is 0 Å². The number of anilines is 2. The summed E-state index contributed by atoms with van der Waals surface area (Å²) in [6.07, 6.45) is 1.15. The van der Waals surface area contributed by atoms with Gasteiger partial charge in [-0.25, -0.2) is 0 Å². The van der Waals surface area contributed by atoms with Crippen LogP contribution in [0.25, 0.3) is 0 Å². The first-order valence-electron chi connectivity index (χ1n) is 7.51. The van der Waals surface area contributed by atoms with Gasteiger partial charge in [0.1, 0.15) is 17.9 Å². The number of nitrogen functional groups attached to an aromatic ring is 2. The van der Waals surface area contributed by atoms with Crippen molar-refractivity contribution in [1.82, 2.24) is 9.80 Å². The lowest BCUT2D eigenvalue weighted by molar-refractivity contribution is 0.405. The molecule has 4 nitrogen and oxygen atoms in total. The highest BCUT2D eigenvalue weighted by atomic mass is 15.4. The Hall–Kier alpha value is -2.04. The zero-order chi connectivity index (χ0) is 14.7. The van der Waals surface area contributed by atoms with Crippen LogP contribution in [0.3, 0.4) is 0 Å². The standard InChI is InChI=1S/C17H23N4/c18-14-2-6-16(7-3-14)21(12-1-10-20-11-13-21)17-8-4-15(19)5-9-17/h2-9,20H,1,10-13,18-19H2/q+1. The Kier molecular flexibility index (Phi) is 3.82. The van der Waals surface area contributed by atoms with Crippen LogP contribution in [0.15, 0.2) is 48.5 Å². The van der Waals surface area contributed by atoms with Crippen LogP contribution in [-0.4, -0.2) is 26.2 Å². The van der Waals surface area contributed by atoms with E-state index in [9.17, 15) is 0 Å². The van der Waals surface area contributed by atoms with Gasteiger partial charge in [-0.1, -0.05) is 0 Å². The van der Waals surface area contributed by atoms with Gasteiger partial charge < -0.3 is 16.8 Å². The molecule has 1 saturated heterocycles. The molecule has 1 aliphatic rings. The first-order valence-corrected chi connectivity index (χ1v) is 7.51. The van der Waals surface area contributed by atoms with E-state index in [4.69, 9.17) is 11.5 Å². The molecule has 1 heterocycles. The fraction of sp³-hybridized carbons (Fsp3) is 0.294. The van der Waals surface area contributed by atoms with E-state index in [2.05, 4.69) is 29.6 Å². The van der Waals surface area contributed by atoms with Gasteiger partial charge in [0.15, 0.2) is 0 Å². The molecule has 0 aromatic heterocycles. The van der Waals surface area contributed by atoms with Crippen molar-refractivity contribution in [2.24, 2.45) is 0 Å². The summed E-state index contributed by atoms with van der Waals surface area (Å²) in [7, 11) is 0. The lowest BCUT2D eigenvalue weighted by Crippen LogP contribution is -2.46. The van der Waals surface area contributed by atoms with E-state index >= 15 is 0 Å². The van der Waals surface area contributed by atoms with Crippen molar-refractivity contribution in [3.8, 4) is 0 Å². The molecule has 2 aromatic rings. The van der Waals surface area contributed by atoms with Crippen LogP contribution < -0.4 is 21.3 Å². The van der Waals surface area contributed by atoms with E-state index in [1.165, 1.54) is 11.4 Å². The Balaban J connectivity index is 2.09. The molecule has 21 heavy (non-hydrogen) atoms. The first kappa shape index (κ1) is 13.9. The number of nitrogens with zero attached hydrogens (tertiary/aromatic N) is 1. The zero-order valence-corrected chi connectivity index (χ0v) is 12.3.